The number of piperidine rings is 1. The Hall–Kier alpha value is -3.12. The van der Waals surface area contributed by atoms with Crippen molar-refractivity contribution in [1.29, 1.82) is 0 Å². The molecule has 0 radical (unpaired) electrons. The van der Waals surface area contributed by atoms with Gasteiger partial charge in [0.1, 0.15) is 5.75 Å². The van der Waals surface area contributed by atoms with Crippen LogP contribution in [0.4, 0.5) is 0 Å². The molecule has 3 N–H and O–H groups in total. The highest BCUT2D eigenvalue weighted by molar-refractivity contribution is 5.91. The van der Waals surface area contributed by atoms with Gasteiger partial charge in [-0.2, -0.15) is 0 Å². The fourth-order valence-corrected chi connectivity index (χ4v) is 3.80. The van der Waals surface area contributed by atoms with E-state index >= 15 is 0 Å². The molecule has 1 saturated heterocycles. The molecule has 1 aliphatic heterocycles. The highest BCUT2D eigenvalue weighted by Crippen LogP contribution is 2.19. The zero-order valence-electron chi connectivity index (χ0n) is 18.0. The zero-order valence-corrected chi connectivity index (χ0v) is 18.0. The molecule has 1 unspecified atom stereocenters. The number of likely N-dealkylation sites (tertiary alicyclic amines) is 1. The third kappa shape index (κ3) is 7.57. The van der Waals surface area contributed by atoms with E-state index in [9.17, 15) is 9.59 Å². The fraction of sp³-hybridized carbons (Fsp3) is 0.360. The first-order valence-corrected chi connectivity index (χ1v) is 10.8. The van der Waals surface area contributed by atoms with Crippen LogP contribution in [0.15, 0.2) is 54.6 Å². The molecule has 0 aliphatic carbocycles. The zero-order chi connectivity index (χ0) is 22.1. The Bertz CT molecular complexity index is 908. The number of nitrogens with two attached hydrogens (primary N) is 1. The Balaban J connectivity index is 1.51. The van der Waals surface area contributed by atoms with E-state index in [-0.39, 0.29) is 12.5 Å². The van der Waals surface area contributed by atoms with Gasteiger partial charge in [0.25, 0.3) is 5.91 Å². The van der Waals surface area contributed by atoms with Crippen molar-refractivity contribution in [1.82, 2.24) is 10.2 Å². The van der Waals surface area contributed by atoms with E-state index < -0.39 is 5.91 Å². The number of rotatable bonds is 9. The van der Waals surface area contributed by atoms with Gasteiger partial charge in [0.15, 0.2) is 6.61 Å². The largest absolute Gasteiger partial charge is 0.484 e. The van der Waals surface area contributed by atoms with Gasteiger partial charge in [0.05, 0.1) is 0 Å². The van der Waals surface area contributed by atoms with Crippen LogP contribution < -0.4 is 15.8 Å². The van der Waals surface area contributed by atoms with Gasteiger partial charge in [-0.3, -0.25) is 14.5 Å². The monoisotopic (exact) mass is 421 g/mol. The fourth-order valence-electron chi connectivity index (χ4n) is 3.80. The highest BCUT2D eigenvalue weighted by atomic mass is 16.5. The Kier molecular flexibility index (Phi) is 8.24. The lowest BCUT2D eigenvalue weighted by atomic mass is 9.99. The second-order valence-corrected chi connectivity index (χ2v) is 8.13. The molecule has 3 rings (SSSR count). The summed E-state index contributed by atoms with van der Waals surface area (Å²) in [6, 6.07) is 15.4. The van der Waals surface area contributed by atoms with Crippen LogP contribution in [0.3, 0.4) is 0 Å². The molecule has 0 aromatic heterocycles. The maximum absolute atomic E-state index is 12.3. The standard InChI is InChI=1S/C25H31N3O3/c1-19-5-4-14-28(16-19)17-22-7-3-2-6-21(22)15-27-25(30)13-10-20-8-11-23(12-9-20)31-18-24(26)29/h2-3,6-13,19H,4-5,14-18H2,1H3,(H2,26,29)(H,27,30). The van der Waals surface area contributed by atoms with Crippen molar-refractivity contribution < 1.29 is 14.3 Å². The Labute approximate surface area is 184 Å². The molecule has 2 aromatic carbocycles. The predicted molar refractivity (Wildman–Crippen MR) is 122 cm³/mol. The normalized spacial score (nSPS) is 16.9. The van der Waals surface area contributed by atoms with Gasteiger partial charge in [-0.05, 0) is 60.2 Å². The molecule has 164 valence electrons. The van der Waals surface area contributed by atoms with Crippen LogP contribution in [-0.4, -0.2) is 36.4 Å². The number of nitrogens with one attached hydrogen (secondary N) is 1. The molecule has 1 atom stereocenters. The lowest BCUT2D eigenvalue weighted by Gasteiger charge is -2.31. The van der Waals surface area contributed by atoms with Crippen molar-refractivity contribution in [2.24, 2.45) is 11.7 Å². The molecular formula is C25H31N3O3. The van der Waals surface area contributed by atoms with Gasteiger partial charge in [-0.15, -0.1) is 0 Å². The van der Waals surface area contributed by atoms with E-state index in [2.05, 4.69) is 35.3 Å². The SMILES string of the molecule is CC1CCCN(Cc2ccccc2CNC(=O)C=Cc2ccc(OCC(N)=O)cc2)C1. The smallest absolute Gasteiger partial charge is 0.255 e. The topological polar surface area (TPSA) is 84.7 Å². The lowest BCUT2D eigenvalue weighted by Crippen LogP contribution is -2.34. The third-order valence-corrected chi connectivity index (χ3v) is 5.39. The number of benzene rings is 2. The molecule has 0 bridgehead atoms. The van der Waals surface area contributed by atoms with E-state index in [0.717, 1.165) is 36.7 Å². The maximum Gasteiger partial charge on any atom is 0.255 e. The molecule has 2 aromatic rings. The van der Waals surface area contributed by atoms with Crippen molar-refractivity contribution >= 4 is 17.9 Å². The van der Waals surface area contributed by atoms with Crippen molar-refractivity contribution in [2.45, 2.75) is 32.9 Å². The summed E-state index contributed by atoms with van der Waals surface area (Å²) in [5.41, 5.74) is 8.35. The van der Waals surface area contributed by atoms with Crippen LogP contribution >= 0.6 is 0 Å². The molecule has 31 heavy (non-hydrogen) atoms. The first-order valence-electron chi connectivity index (χ1n) is 10.8. The minimum atomic E-state index is -0.521. The number of nitrogens with zero attached hydrogens (tertiary/aromatic N) is 1. The molecule has 1 fully saturated rings. The molecule has 1 aliphatic rings. The average molecular weight is 422 g/mol. The molecule has 6 heteroatoms. The van der Waals surface area contributed by atoms with Crippen LogP contribution in [0.1, 0.15) is 36.5 Å². The highest BCUT2D eigenvalue weighted by Gasteiger charge is 2.17. The quantitative estimate of drug-likeness (QED) is 0.610. The van der Waals surface area contributed by atoms with Gasteiger partial charge in [0.2, 0.25) is 5.91 Å². The van der Waals surface area contributed by atoms with Crippen molar-refractivity contribution in [2.75, 3.05) is 19.7 Å². The van der Waals surface area contributed by atoms with Crippen LogP contribution in [0.5, 0.6) is 5.75 Å². The van der Waals surface area contributed by atoms with Crippen molar-refractivity contribution in [3.05, 3.63) is 71.3 Å². The first kappa shape index (κ1) is 22.6. The number of carbonyl (C=O) groups is 2. The predicted octanol–water partition coefficient (Wildman–Crippen LogP) is 3.11. The summed E-state index contributed by atoms with van der Waals surface area (Å²) in [6.07, 6.45) is 5.83. The number of amides is 2. The van der Waals surface area contributed by atoms with Crippen LogP contribution in [-0.2, 0) is 22.7 Å². The van der Waals surface area contributed by atoms with Gasteiger partial charge >= 0.3 is 0 Å². The van der Waals surface area contributed by atoms with Crippen LogP contribution in [0.2, 0.25) is 0 Å². The van der Waals surface area contributed by atoms with E-state index in [4.69, 9.17) is 10.5 Å². The summed E-state index contributed by atoms with van der Waals surface area (Å²) in [6.45, 7) is 5.86. The van der Waals surface area contributed by atoms with Gasteiger partial charge in [-0.1, -0.05) is 43.3 Å². The average Bonchev–Trinajstić information content (AvgIpc) is 2.76. The molecule has 0 saturated carbocycles. The summed E-state index contributed by atoms with van der Waals surface area (Å²) in [4.78, 5) is 25.6. The molecule has 2 amide bonds. The molecule has 6 nitrogen and oxygen atoms in total. The molecule has 0 spiro atoms. The van der Waals surface area contributed by atoms with Gasteiger partial charge in [0, 0.05) is 25.7 Å². The molecular weight excluding hydrogens is 390 g/mol. The number of ether oxygens (including phenoxy) is 1. The maximum atomic E-state index is 12.3. The van der Waals surface area contributed by atoms with Crippen LogP contribution in [0, 0.1) is 5.92 Å². The van der Waals surface area contributed by atoms with Gasteiger partial charge in [-0.25, -0.2) is 0 Å². The van der Waals surface area contributed by atoms with Crippen molar-refractivity contribution in [3.8, 4) is 5.75 Å². The summed E-state index contributed by atoms with van der Waals surface area (Å²) in [5.74, 6) is 0.637. The Morgan fingerprint density at radius 3 is 2.61 bits per heavy atom. The number of carbonyl (C=O) groups excluding carboxylic acids is 2. The summed E-state index contributed by atoms with van der Waals surface area (Å²) in [5, 5.41) is 2.98. The number of hydrogen-bond acceptors (Lipinski definition) is 4. The molecule has 1 heterocycles. The van der Waals surface area contributed by atoms with E-state index in [0.29, 0.717) is 12.3 Å². The Morgan fingerprint density at radius 2 is 1.90 bits per heavy atom. The van der Waals surface area contributed by atoms with Crippen molar-refractivity contribution in [3.63, 3.8) is 0 Å². The van der Waals surface area contributed by atoms with Gasteiger partial charge < -0.3 is 15.8 Å². The first-order chi connectivity index (χ1) is 15.0. The second-order valence-electron chi connectivity index (χ2n) is 8.13. The summed E-state index contributed by atoms with van der Waals surface area (Å²) in [7, 11) is 0. The summed E-state index contributed by atoms with van der Waals surface area (Å²) < 4.78 is 5.23. The van der Waals surface area contributed by atoms with E-state index in [1.807, 2.05) is 18.2 Å². The minimum absolute atomic E-state index is 0.143. The Morgan fingerprint density at radius 1 is 1.16 bits per heavy atom. The summed E-state index contributed by atoms with van der Waals surface area (Å²) >= 11 is 0. The number of primary amides is 1. The van der Waals surface area contributed by atoms with E-state index in [1.54, 1.807) is 18.2 Å². The van der Waals surface area contributed by atoms with Crippen LogP contribution in [0.25, 0.3) is 6.08 Å². The number of hydrogen-bond donors (Lipinski definition) is 2. The van der Waals surface area contributed by atoms with E-state index in [1.165, 1.54) is 24.5 Å². The minimum Gasteiger partial charge on any atom is -0.484 e. The lowest BCUT2D eigenvalue weighted by molar-refractivity contribution is -0.120. The third-order valence-electron chi connectivity index (χ3n) is 5.39. The second kappa shape index (κ2) is 11.3.